The van der Waals surface area contributed by atoms with E-state index in [-0.39, 0.29) is 6.61 Å². The van der Waals surface area contributed by atoms with Crippen molar-refractivity contribution in [2.24, 2.45) is 5.92 Å². The Labute approximate surface area is 186 Å². The van der Waals surface area contributed by atoms with Gasteiger partial charge < -0.3 is 14.7 Å². The van der Waals surface area contributed by atoms with Gasteiger partial charge in [-0.3, -0.25) is 10.3 Å². The van der Waals surface area contributed by atoms with Crippen molar-refractivity contribution in [1.29, 1.82) is 0 Å². The Morgan fingerprint density at radius 3 is 2.71 bits per heavy atom. The minimum absolute atomic E-state index is 0.232. The van der Waals surface area contributed by atoms with Crippen LogP contribution in [0.25, 0.3) is 0 Å². The first kappa shape index (κ1) is 22.2. The van der Waals surface area contributed by atoms with Crippen LogP contribution < -0.4 is 15.6 Å². The van der Waals surface area contributed by atoms with Crippen molar-refractivity contribution in [2.45, 2.75) is 32.0 Å². The molecule has 0 saturated carbocycles. The van der Waals surface area contributed by atoms with E-state index in [0.29, 0.717) is 18.0 Å². The summed E-state index contributed by atoms with van der Waals surface area (Å²) < 4.78 is 5.40. The summed E-state index contributed by atoms with van der Waals surface area (Å²) in [6.07, 6.45) is 0.814. The Hall–Kier alpha value is -1.96. The number of methoxy groups -OCH3 is 1. The molecule has 168 valence electrons. The number of rotatable bonds is 8. The maximum absolute atomic E-state index is 9.69. The van der Waals surface area contributed by atoms with E-state index in [9.17, 15) is 5.11 Å². The Morgan fingerprint density at radius 2 is 1.97 bits per heavy atom. The van der Waals surface area contributed by atoms with Gasteiger partial charge in [-0.05, 0) is 36.1 Å². The second kappa shape index (κ2) is 10.6. The van der Waals surface area contributed by atoms with E-state index in [2.05, 4.69) is 76.1 Å². The van der Waals surface area contributed by atoms with Crippen LogP contribution in [-0.2, 0) is 6.54 Å². The van der Waals surface area contributed by atoms with Gasteiger partial charge >= 0.3 is 0 Å². The van der Waals surface area contributed by atoms with E-state index in [0.717, 1.165) is 51.4 Å². The van der Waals surface area contributed by atoms with E-state index >= 15 is 0 Å². The second-order valence-electron chi connectivity index (χ2n) is 8.87. The van der Waals surface area contributed by atoms with E-state index in [1.54, 1.807) is 7.11 Å². The molecule has 2 heterocycles. The van der Waals surface area contributed by atoms with Crippen LogP contribution >= 0.6 is 0 Å². The lowest BCUT2D eigenvalue weighted by Crippen LogP contribution is -2.54. The SMILES string of the molecule is COc1ccc(CN2CCN(CC3CNNC3c3ccccc3)CC2CCO)cc1C. The van der Waals surface area contributed by atoms with Crippen LogP contribution in [0, 0.1) is 12.8 Å². The minimum atomic E-state index is 0.232. The van der Waals surface area contributed by atoms with Crippen molar-refractivity contribution < 1.29 is 9.84 Å². The number of nitrogens with one attached hydrogen (secondary N) is 2. The van der Waals surface area contributed by atoms with E-state index < -0.39 is 0 Å². The van der Waals surface area contributed by atoms with Gasteiger partial charge in [0.1, 0.15) is 5.75 Å². The summed E-state index contributed by atoms with van der Waals surface area (Å²) in [5, 5.41) is 9.69. The molecule has 2 aromatic rings. The third-order valence-corrected chi connectivity index (χ3v) is 6.74. The summed E-state index contributed by atoms with van der Waals surface area (Å²) in [4.78, 5) is 5.12. The van der Waals surface area contributed by atoms with Gasteiger partial charge in [-0.25, -0.2) is 5.43 Å². The van der Waals surface area contributed by atoms with E-state index in [1.807, 2.05) is 0 Å². The topological polar surface area (TPSA) is 60.0 Å². The highest BCUT2D eigenvalue weighted by Gasteiger charge is 2.33. The molecule has 6 nitrogen and oxygen atoms in total. The van der Waals surface area contributed by atoms with Crippen molar-refractivity contribution in [2.75, 3.05) is 46.4 Å². The quantitative estimate of drug-likeness (QED) is 0.605. The molecule has 0 spiro atoms. The van der Waals surface area contributed by atoms with E-state index in [1.165, 1.54) is 16.7 Å². The van der Waals surface area contributed by atoms with Gasteiger partial charge in [0.15, 0.2) is 0 Å². The first-order valence-electron chi connectivity index (χ1n) is 11.4. The summed E-state index contributed by atoms with van der Waals surface area (Å²) in [7, 11) is 1.72. The van der Waals surface area contributed by atoms with Crippen molar-refractivity contribution in [3.63, 3.8) is 0 Å². The number of nitrogens with zero attached hydrogens (tertiary/aromatic N) is 2. The Kier molecular flexibility index (Phi) is 7.58. The molecule has 0 bridgehead atoms. The number of aliphatic hydroxyl groups excluding tert-OH is 1. The second-order valence-corrected chi connectivity index (χ2v) is 8.87. The molecule has 6 heteroatoms. The van der Waals surface area contributed by atoms with Crippen LogP contribution in [0.3, 0.4) is 0 Å². The van der Waals surface area contributed by atoms with Crippen LogP contribution in [0.2, 0.25) is 0 Å². The molecule has 4 rings (SSSR count). The molecule has 0 aliphatic carbocycles. The zero-order valence-electron chi connectivity index (χ0n) is 18.8. The molecule has 3 atom stereocenters. The average molecular weight is 425 g/mol. The van der Waals surface area contributed by atoms with Gasteiger partial charge in [0.25, 0.3) is 0 Å². The number of hydrogen-bond acceptors (Lipinski definition) is 6. The first-order valence-corrected chi connectivity index (χ1v) is 11.4. The van der Waals surface area contributed by atoms with Crippen LogP contribution in [0.4, 0.5) is 0 Å². The third kappa shape index (κ3) is 5.45. The normalized spacial score (nSPS) is 25.1. The van der Waals surface area contributed by atoms with Gasteiger partial charge in [-0.15, -0.1) is 0 Å². The van der Waals surface area contributed by atoms with E-state index in [4.69, 9.17) is 4.74 Å². The lowest BCUT2D eigenvalue weighted by Gasteiger charge is -2.42. The number of hydrogen-bond donors (Lipinski definition) is 3. The highest BCUT2D eigenvalue weighted by atomic mass is 16.5. The molecular formula is C25H36N4O2. The van der Waals surface area contributed by atoms with Crippen molar-refractivity contribution >= 4 is 0 Å². The predicted octanol–water partition coefficient (Wildman–Crippen LogP) is 2.34. The molecule has 2 aliphatic rings. The number of benzene rings is 2. The fraction of sp³-hybridized carbons (Fsp3) is 0.520. The molecule has 0 radical (unpaired) electrons. The summed E-state index contributed by atoms with van der Waals surface area (Å²) in [5.74, 6) is 1.47. The van der Waals surface area contributed by atoms with Crippen LogP contribution in [0.5, 0.6) is 5.75 Å². The predicted molar refractivity (Wildman–Crippen MR) is 124 cm³/mol. The lowest BCUT2D eigenvalue weighted by atomic mass is 9.94. The summed E-state index contributed by atoms with van der Waals surface area (Å²) in [6.45, 7) is 8.39. The van der Waals surface area contributed by atoms with Gasteiger partial charge in [-0.1, -0.05) is 42.5 Å². The highest BCUT2D eigenvalue weighted by molar-refractivity contribution is 5.36. The number of piperazine rings is 1. The van der Waals surface area contributed by atoms with Crippen LogP contribution in [0.15, 0.2) is 48.5 Å². The molecule has 0 amide bonds. The summed E-state index contributed by atoms with van der Waals surface area (Å²) in [6, 6.07) is 17.9. The highest BCUT2D eigenvalue weighted by Crippen LogP contribution is 2.27. The van der Waals surface area contributed by atoms with Gasteiger partial charge in [0.2, 0.25) is 0 Å². The maximum atomic E-state index is 9.69. The van der Waals surface area contributed by atoms with Crippen LogP contribution in [0.1, 0.15) is 29.2 Å². The van der Waals surface area contributed by atoms with Crippen molar-refractivity contribution in [3.05, 3.63) is 65.2 Å². The largest absolute Gasteiger partial charge is 0.496 e. The number of aliphatic hydroxyl groups is 1. The molecule has 0 aromatic heterocycles. The maximum Gasteiger partial charge on any atom is 0.121 e. The third-order valence-electron chi connectivity index (χ3n) is 6.74. The zero-order valence-corrected chi connectivity index (χ0v) is 18.8. The van der Waals surface area contributed by atoms with Crippen molar-refractivity contribution in [1.82, 2.24) is 20.7 Å². The minimum Gasteiger partial charge on any atom is -0.496 e. The van der Waals surface area contributed by atoms with Gasteiger partial charge in [0.05, 0.1) is 13.2 Å². The smallest absolute Gasteiger partial charge is 0.121 e. The van der Waals surface area contributed by atoms with Crippen molar-refractivity contribution in [3.8, 4) is 5.75 Å². The molecular weight excluding hydrogens is 388 g/mol. The fourth-order valence-corrected chi connectivity index (χ4v) is 5.08. The molecule has 2 fully saturated rings. The Balaban J connectivity index is 1.38. The fourth-order valence-electron chi connectivity index (χ4n) is 5.08. The first-order chi connectivity index (χ1) is 15.2. The van der Waals surface area contributed by atoms with Gasteiger partial charge in [-0.2, -0.15) is 0 Å². The standard InChI is InChI=1S/C25H36N4O2/c1-19-14-20(8-9-24(19)31-2)16-29-12-11-28(18-23(29)10-13-30)17-22-15-26-27-25(22)21-6-4-3-5-7-21/h3-9,14,22-23,25-27,30H,10-13,15-18H2,1-2H3. The summed E-state index contributed by atoms with van der Waals surface area (Å²) in [5.41, 5.74) is 10.7. The molecule has 2 aromatic carbocycles. The zero-order chi connectivity index (χ0) is 21.6. The molecule has 31 heavy (non-hydrogen) atoms. The number of aryl methyl sites for hydroxylation is 1. The van der Waals surface area contributed by atoms with Gasteiger partial charge in [0, 0.05) is 57.8 Å². The molecule has 3 N–H and O–H groups in total. The Bertz CT molecular complexity index is 832. The Morgan fingerprint density at radius 1 is 1.13 bits per heavy atom. The average Bonchev–Trinajstić information content (AvgIpc) is 3.24. The molecule has 2 saturated heterocycles. The number of hydrazine groups is 1. The summed E-state index contributed by atoms with van der Waals surface area (Å²) >= 11 is 0. The molecule has 2 aliphatic heterocycles. The molecule has 3 unspecified atom stereocenters. The van der Waals surface area contributed by atoms with Crippen LogP contribution in [-0.4, -0.2) is 67.4 Å². The monoisotopic (exact) mass is 424 g/mol. The number of ether oxygens (including phenoxy) is 1. The lowest BCUT2D eigenvalue weighted by molar-refractivity contribution is 0.0457.